The lowest BCUT2D eigenvalue weighted by molar-refractivity contribution is 0.0339. The highest BCUT2D eigenvalue weighted by atomic mass is 32.1. The monoisotopic (exact) mass is 466 g/mol. The molecule has 1 atom stereocenters. The molecular weight excluding hydrogens is 444 g/mol. The Labute approximate surface area is 203 Å². The van der Waals surface area contributed by atoms with Gasteiger partial charge in [-0.2, -0.15) is 5.26 Å². The van der Waals surface area contributed by atoms with Crippen molar-refractivity contribution in [3.63, 3.8) is 0 Å². The summed E-state index contributed by atoms with van der Waals surface area (Å²) in [5, 5.41) is 10.3. The van der Waals surface area contributed by atoms with Crippen LogP contribution in [0.3, 0.4) is 0 Å². The van der Waals surface area contributed by atoms with Gasteiger partial charge in [0.25, 0.3) is 11.8 Å². The third-order valence-corrected chi connectivity index (χ3v) is 7.06. The highest BCUT2D eigenvalue weighted by molar-refractivity contribution is 7.80. The summed E-state index contributed by atoms with van der Waals surface area (Å²) in [7, 11) is 0. The molecule has 5 rings (SSSR count). The van der Waals surface area contributed by atoms with Gasteiger partial charge in [-0.15, -0.1) is 0 Å². The van der Waals surface area contributed by atoms with Crippen molar-refractivity contribution in [2.24, 2.45) is 5.92 Å². The summed E-state index contributed by atoms with van der Waals surface area (Å²) in [6, 6.07) is 29.8. The molecule has 7 heteroatoms. The summed E-state index contributed by atoms with van der Waals surface area (Å²) in [4.78, 5) is 33.0. The van der Waals surface area contributed by atoms with Crippen LogP contribution in [0.1, 0.15) is 20.7 Å². The fraction of sp³-hybridized carbons (Fsp3) is 0.185. The Morgan fingerprint density at radius 3 is 1.68 bits per heavy atom. The lowest BCUT2D eigenvalue weighted by Gasteiger charge is -2.42. The minimum atomic E-state index is -1.36. The van der Waals surface area contributed by atoms with Gasteiger partial charge in [-0.1, -0.05) is 66.8 Å². The van der Waals surface area contributed by atoms with Crippen LogP contribution in [0.5, 0.6) is 0 Å². The lowest BCUT2D eigenvalue weighted by atomic mass is 9.93. The first-order chi connectivity index (χ1) is 16.6. The topological polar surface area (TPSA) is 67.7 Å². The smallest absolute Gasteiger partial charge is 0.256 e. The van der Waals surface area contributed by atoms with E-state index < -0.39 is 11.6 Å². The zero-order valence-corrected chi connectivity index (χ0v) is 19.2. The number of carbonyl (C=O) groups excluding carboxylic acids is 2. The van der Waals surface area contributed by atoms with Crippen LogP contribution in [0.25, 0.3) is 0 Å². The van der Waals surface area contributed by atoms with Crippen LogP contribution in [0.4, 0.5) is 5.69 Å². The molecule has 2 heterocycles. The maximum atomic E-state index is 13.8. The van der Waals surface area contributed by atoms with E-state index in [1.54, 1.807) is 58.3 Å². The van der Waals surface area contributed by atoms with E-state index in [9.17, 15) is 14.9 Å². The van der Waals surface area contributed by atoms with E-state index in [4.69, 9.17) is 12.2 Å². The number of hydrogen-bond acceptors (Lipinski definition) is 4. The number of anilines is 1. The summed E-state index contributed by atoms with van der Waals surface area (Å²) < 4.78 is 0. The van der Waals surface area contributed by atoms with Crippen molar-refractivity contribution in [2.45, 2.75) is 5.66 Å². The van der Waals surface area contributed by atoms with Gasteiger partial charge in [-0.25, -0.2) is 0 Å². The first-order valence-corrected chi connectivity index (χ1v) is 11.5. The highest BCUT2D eigenvalue weighted by Crippen LogP contribution is 2.44. The third kappa shape index (κ3) is 3.27. The number of rotatable bonds is 3. The van der Waals surface area contributed by atoms with Crippen LogP contribution in [0, 0.1) is 17.2 Å². The Kier molecular flexibility index (Phi) is 5.60. The summed E-state index contributed by atoms with van der Waals surface area (Å²) in [5.41, 5.74) is 0.456. The van der Waals surface area contributed by atoms with Crippen LogP contribution < -0.4 is 4.90 Å². The van der Waals surface area contributed by atoms with Gasteiger partial charge in [-0.05, 0) is 36.4 Å². The van der Waals surface area contributed by atoms with Gasteiger partial charge in [0, 0.05) is 36.4 Å². The van der Waals surface area contributed by atoms with Crippen LogP contribution in [0.2, 0.25) is 0 Å². The van der Waals surface area contributed by atoms with Gasteiger partial charge in [-0.3, -0.25) is 9.59 Å². The van der Waals surface area contributed by atoms with Gasteiger partial charge in [0.1, 0.15) is 10.9 Å². The molecule has 0 N–H and O–H groups in total. The molecule has 0 saturated carbocycles. The van der Waals surface area contributed by atoms with Gasteiger partial charge >= 0.3 is 0 Å². The average Bonchev–Trinajstić information content (AvgIpc) is 3.44. The molecule has 0 aromatic heterocycles. The Morgan fingerprint density at radius 2 is 1.24 bits per heavy atom. The predicted molar refractivity (Wildman–Crippen MR) is 133 cm³/mol. The molecule has 1 spiro atoms. The summed E-state index contributed by atoms with van der Waals surface area (Å²) in [5.74, 6) is -1.22. The number of para-hydroxylation sites is 1. The number of thiocarbonyl (C=S) groups is 1. The van der Waals surface area contributed by atoms with E-state index in [0.29, 0.717) is 16.1 Å². The molecule has 2 aliphatic rings. The molecule has 34 heavy (non-hydrogen) atoms. The standard InChI is InChI=1S/C27H22N4O2S/c28-18-22-19-29(23-14-8-3-9-15-23)26(34)27(22)30(24(32)20-10-4-1-5-11-20)16-17-31(27)25(33)21-12-6-2-7-13-21/h1-15,22H,16-17,19H2. The zero-order valence-electron chi connectivity index (χ0n) is 18.4. The normalized spacial score (nSPS) is 18.9. The van der Waals surface area contributed by atoms with Crippen molar-refractivity contribution >= 4 is 34.7 Å². The maximum absolute atomic E-state index is 13.8. The van der Waals surface area contributed by atoms with Crippen molar-refractivity contribution in [2.75, 3.05) is 24.5 Å². The van der Waals surface area contributed by atoms with Crippen LogP contribution >= 0.6 is 12.2 Å². The maximum Gasteiger partial charge on any atom is 0.256 e. The number of nitrogens with zero attached hydrogens (tertiary/aromatic N) is 4. The van der Waals surface area contributed by atoms with Crippen LogP contribution in [-0.2, 0) is 0 Å². The molecule has 0 bridgehead atoms. The molecule has 2 amide bonds. The molecule has 0 aliphatic carbocycles. The quantitative estimate of drug-likeness (QED) is 0.547. The van der Waals surface area contributed by atoms with Gasteiger partial charge in [0.15, 0.2) is 5.66 Å². The molecule has 168 valence electrons. The van der Waals surface area contributed by atoms with Crippen molar-refractivity contribution < 1.29 is 9.59 Å². The van der Waals surface area contributed by atoms with Gasteiger partial charge in [0.05, 0.1) is 6.07 Å². The number of benzene rings is 3. The molecule has 2 fully saturated rings. The van der Waals surface area contributed by atoms with Gasteiger partial charge < -0.3 is 14.7 Å². The van der Waals surface area contributed by atoms with E-state index in [0.717, 1.165) is 5.69 Å². The van der Waals surface area contributed by atoms with Crippen molar-refractivity contribution in [3.8, 4) is 6.07 Å². The number of amides is 2. The van der Waals surface area contributed by atoms with Crippen molar-refractivity contribution in [1.29, 1.82) is 5.26 Å². The van der Waals surface area contributed by atoms with E-state index in [-0.39, 0.29) is 31.4 Å². The first kappa shape index (κ1) is 21.8. The molecular formula is C27H22N4O2S. The zero-order chi connectivity index (χ0) is 23.7. The fourth-order valence-electron chi connectivity index (χ4n) is 4.98. The van der Waals surface area contributed by atoms with E-state index in [1.165, 1.54) is 0 Å². The Morgan fingerprint density at radius 1 is 0.794 bits per heavy atom. The molecule has 0 radical (unpaired) electrons. The van der Waals surface area contributed by atoms with Gasteiger partial charge in [0.2, 0.25) is 0 Å². The van der Waals surface area contributed by atoms with Crippen molar-refractivity contribution in [3.05, 3.63) is 102 Å². The second-order valence-electron chi connectivity index (χ2n) is 8.30. The Balaban J connectivity index is 1.66. The Hall–Kier alpha value is -4.02. The number of hydrogen-bond donors (Lipinski definition) is 0. The summed E-state index contributed by atoms with van der Waals surface area (Å²) >= 11 is 6.02. The van der Waals surface area contributed by atoms with Crippen LogP contribution in [0.15, 0.2) is 91.0 Å². The highest BCUT2D eigenvalue weighted by Gasteiger charge is 2.64. The fourth-order valence-corrected chi connectivity index (χ4v) is 5.52. The summed E-state index contributed by atoms with van der Waals surface area (Å²) in [6.07, 6.45) is 0. The predicted octanol–water partition coefficient (Wildman–Crippen LogP) is 3.97. The van der Waals surface area contributed by atoms with E-state index in [1.807, 2.05) is 47.4 Å². The molecule has 6 nitrogen and oxygen atoms in total. The molecule has 3 aromatic carbocycles. The minimum Gasteiger partial charge on any atom is -0.331 e. The minimum absolute atomic E-state index is 0.249. The molecule has 2 aliphatic heterocycles. The molecule has 3 aromatic rings. The molecule has 2 saturated heterocycles. The van der Waals surface area contributed by atoms with Crippen molar-refractivity contribution in [1.82, 2.24) is 9.80 Å². The first-order valence-electron chi connectivity index (χ1n) is 11.1. The van der Waals surface area contributed by atoms with Crippen LogP contribution in [-0.4, -0.2) is 51.9 Å². The lowest BCUT2D eigenvalue weighted by Crippen LogP contribution is -2.64. The molecule has 1 unspecified atom stereocenters. The average molecular weight is 467 g/mol. The number of carbonyl (C=O) groups is 2. The largest absolute Gasteiger partial charge is 0.331 e. The van der Waals surface area contributed by atoms with E-state index >= 15 is 0 Å². The van der Waals surface area contributed by atoms with E-state index in [2.05, 4.69) is 6.07 Å². The summed E-state index contributed by atoms with van der Waals surface area (Å²) in [6.45, 7) is 0.858. The third-order valence-electron chi connectivity index (χ3n) is 6.54. The second kappa shape index (κ2) is 8.73. The Bertz CT molecular complexity index is 1210. The second-order valence-corrected chi connectivity index (χ2v) is 8.69. The number of nitriles is 1. The SMILES string of the molecule is N#CC1CN(c2ccccc2)C(=S)C12N(C(=O)c1ccccc1)CCN2C(=O)c1ccccc1.